The van der Waals surface area contributed by atoms with E-state index in [0.717, 1.165) is 6.92 Å². The van der Waals surface area contributed by atoms with Gasteiger partial charge in [-0.1, -0.05) is 12.1 Å². The Morgan fingerprint density at radius 2 is 1.94 bits per heavy atom. The maximum atomic E-state index is 13.8. The van der Waals surface area contributed by atoms with E-state index in [9.17, 15) is 17.6 Å². The van der Waals surface area contributed by atoms with Crippen LogP contribution in [0.2, 0.25) is 0 Å². The van der Waals surface area contributed by atoms with Crippen molar-refractivity contribution in [2.75, 3.05) is 0 Å². The van der Waals surface area contributed by atoms with Crippen LogP contribution in [0.25, 0.3) is 0 Å². The van der Waals surface area contributed by atoms with Crippen LogP contribution < -0.4 is 0 Å². The predicted octanol–water partition coefficient (Wildman–Crippen LogP) is 2.25. The molecule has 94 valence electrons. The average Bonchev–Trinajstić information content (AvgIpc) is 2.29. The van der Waals surface area contributed by atoms with Crippen LogP contribution in [0.5, 0.6) is 0 Å². The van der Waals surface area contributed by atoms with Gasteiger partial charge in [0.2, 0.25) is 0 Å². The molecule has 0 amide bonds. The van der Waals surface area contributed by atoms with E-state index in [1.54, 1.807) is 13.8 Å². The first-order valence-electron chi connectivity index (χ1n) is 5.21. The zero-order valence-corrected chi connectivity index (χ0v) is 10.8. The molecule has 5 heteroatoms. The Hall–Kier alpha value is -1.23. The molecule has 0 saturated heterocycles. The highest BCUT2D eigenvalue weighted by Crippen LogP contribution is 2.26. The molecule has 0 bridgehead atoms. The minimum absolute atomic E-state index is 0.0377. The number of hydrogen-bond donors (Lipinski definition) is 0. The molecule has 0 saturated carbocycles. The molecule has 1 aromatic carbocycles. The number of benzene rings is 1. The molecule has 0 aliphatic rings. The number of aldehydes is 1. The standard InChI is InChI=1S/C12H15FO3S/c1-9(2)17(15,16)11-6-4-5-10(7-11)12(3,13)8-14/h4-9H,1-3H3. The van der Waals surface area contributed by atoms with E-state index in [2.05, 4.69) is 0 Å². The summed E-state index contributed by atoms with van der Waals surface area (Å²) < 4.78 is 37.5. The minimum Gasteiger partial charge on any atom is -0.299 e. The molecule has 0 aliphatic carbocycles. The van der Waals surface area contributed by atoms with E-state index in [-0.39, 0.29) is 16.7 Å². The van der Waals surface area contributed by atoms with Crippen LogP contribution in [0.1, 0.15) is 26.3 Å². The number of rotatable bonds is 4. The third kappa shape index (κ3) is 2.72. The van der Waals surface area contributed by atoms with Crippen molar-refractivity contribution in [3.63, 3.8) is 0 Å². The smallest absolute Gasteiger partial charge is 0.188 e. The van der Waals surface area contributed by atoms with E-state index in [1.807, 2.05) is 0 Å². The lowest BCUT2D eigenvalue weighted by Gasteiger charge is -2.15. The molecule has 0 aliphatic heterocycles. The SMILES string of the molecule is CC(C)S(=O)(=O)c1cccc(C(C)(F)C=O)c1. The van der Waals surface area contributed by atoms with Gasteiger partial charge in [-0.05, 0) is 38.5 Å². The Morgan fingerprint density at radius 1 is 1.35 bits per heavy atom. The Bertz CT molecular complexity index is 518. The quantitative estimate of drug-likeness (QED) is 0.778. The predicted molar refractivity (Wildman–Crippen MR) is 63.3 cm³/mol. The molecule has 0 spiro atoms. The van der Waals surface area contributed by atoms with E-state index < -0.39 is 20.8 Å². The fourth-order valence-electron chi connectivity index (χ4n) is 1.32. The number of halogens is 1. The molecule has 3 nitrogen and oxygen atoms in total. The lowest BCUT2D eigenvalue weighted by Crippen LogP contribution is -2.19. The fourth-order valence-corrected chi connectivity index (χ4v) is 2.42. The monoisotopic (exact) mass is 258 g/mol. The van der Waals surface area contributed by atoms with Crippen LogP contribution in [-0.2, 0) is 20.3 Å². The second-order valence-corrected chi connectivity index (χ2v) is 6.82. The molecular weight excluding hydrogens is 243 g/mol. The Balaban J connectivity index is 3.34. The zero-order chi connectivity index (χ0) is 13.3. The molecule has 0 N–H and O–H groups in total. The first-order valence-corrected chi connectivity index (χ1v) is 6.76. The van der Waals surface area contributed by atoms with Gasteiger partial charge in [-0.3, -0.25) is 4.79 Å². The fraction of sp³-hybridized carbons (Fsp3) is 0.417. The molecule has 0 radical (unpaired) electrons. The maximum absolute atomic E-state index is 13.8. The van der Waals surface area contributed by atoms with Crippen LogP contribution >= 0.6 is 0 Å². The van der Waals surface area contributed by atoms with Gasteiger partial charge in [-0.15, -0.1) is 0 Å². The van der Waals surface area contributed by atoms with Crippen LogP contribution in [0, 0.1) is 0 Å². The van der Waals surface area contributed by atoms with Gasteiger partial charge in [0.05, 0.1) is 10.1 Å². The molecule has 1 unspecified atom stereocenters. The molecule has 1 aromatic rings. The molecule has 17 heavy (non-hydrogen) atoms. The minimum atomic E-state index is -3.45. The summed E-state index contributed by atoms with van der Waals surface area (Å²) in [6.45, 7) is 4.20. The van der Waals surface area contributed by atoms with Crippen molar-refractivity contribution in [3.8, 4) is 0 Å². The summed E-state index contributed by atoms with van der Waals surface area (Å²) in [6, 6.07) is 5.45. The lowest BCUT2D eigenvalue weighted by molar-refractivity contribution is -0.117. The third-order valence-corrected chi connectivity index (χ3v) is 4.72. The highest BCUT2D eigenvalue weighted by molar-refractivity contribution is 7.92. The van der Waals surface area contributed by atoms with Crippen molar-refractivity contribution in [3.05, 3.63) is 29.8 Å². The summed E-state index contributed by atoms with van der Waals surface area (Å²) >= 11 is 0. The second-order valence-electron chi connectivity index (χ2n) is 4.32. The first-order chi connectivity index (χ1) is 7.71. The van der Waals surface area contributed by atoms with E-state index >= 15 is 0 Å². The van der Waals surface area contributed by atoms with Crippen molar-refractivity contribution in [2.24, 2.45) is 0 Å². The largest absolute Gasteiger partial charge is 0.299 e. The second kappa shape index (κ2) is 4.56. The molecule has 1 atom stereocenters. The molecule has 0 heterocycles. The molecular formula is C12H15FO3S. The van der Waals surface area contributed by atoms with Gasteiger partial charge in [0.1, 0.15) is 0 Å². The van der Waals surface area contributed by atoms with Gasteiger partial charge in [0.25, 0.3) is 0 Å². The summed E-state index contributed by atoms with van der Waals surface area (Å²) in [6.07, 6.45) is 0.161. The normalized spacial score (nSPS) is 15.6. The van der Waals surface area contributed by atoms with Crippen LogP contribution in [0.15, 0.2) is 29.2 Å². The van der Waals surface area contributed by atoms with E-state index in [4.69, 9.17) is 0 Å². The van der Waals surface area contributed by atoms with Gasteiger partial charge >= 0.3 is 0 Å². The number of hydrogen-bond acceptors (Lipinski definition) is 3. The van der Waals surface area contributed by atoms with E-state index in [0.29, 0.717) is 0 Å². The van der Waals surface area contributed by atoms with Gasteiger partial charge in [-0.2, -0.15) is 0 Å². The van der Waals surface area contributed by atoms with Crippen LogP contribution in [-0.4, -0.2) is 20.0 Å². The van der Waals surface area contributed by atoms with Crippen LogP contribution in [0.4, 0.5) is 4.39 Å². The van der Waals surface area contributed by atoms with Gasteiger partial charge in [0, 0.05) is 0 Å². The Labute approximate surface area is 101 Å². The topological polar surface area (TPSA) is 51.2 Å². The summed E-state index contributed by atoms with van der Waals surface area (Å²) in [4.78, 5) is 10.6. The summed E-state index contributed by atoms with van der Waals surface area (Å²) in [7, 11) is -3.45. The van der Waals surface area contributed by atoms with Crippen molar-refractivity contribution in [2.45, 2.75) is 36.6 Å². The number of carbonyl (C=O) groups excluding carboxylic acids is 1. The van der Waals surface area contributed by atoms with E-state index in [1.165, 1.54) is 24.3 Å². The van der Waals surface area contributed by atoms with Crippen molar-refractivity contribution >= 4 is 16.1 Å². The molecule has 0 fully saturated rings. The summed E-state index contributed by atoms with van der Waals surface area (Å²) in [5, 5.41) is -0.583. The van der Waals surface area contributed by atoms with Crippen molar-refractivity contribution in [1.82, 2.24) is 0 Å². The van der Waals surface area contributed by atoms with Gasteiger partial charge < -0.3 is 0 Å². The highest BCUT2D eigenvalue weighted by atomic mass is 32.2. The Kier molecular flexibility index (Phi) is 3.71. The lowest BCUT2D eigenvalue weighted by atomic mass is 10.00. The van der Waals surface area contributed by atoms with Crippen LogP contribution in [0.3, 0.4) is 0 Å². The summed E-state index contributed by atoms with van der Waals surface area (Å²) in [5.74, 6) is 0. The average molecular weight is 258 g/mol. The maximum Gasteiger partial charge on any atom is 0.188 e. The van der Waals surface area contributed by atoms with Crippen molar-refractivity contribution < 1.29 is 17.6 Å². The number of sulfone groups is 1. The molecule has 1 rings (SSSR count). The van der Waals surface area contributed by atoms with Crippen molar-refractivity contribution in [1.29, 1.82) is 0 Å². The number of carbonyl (C=O) groups is 1. The zero-order valence-electron chi connectivity index (χ0n) is 9.98. The first kappa shape index (κ1) is 13.8. The van der Waals surface area contributed by atoms with Gasteiger partial charge in [0.15, 0.2) is 21.8 Å². The highest BCUT2D eigenvalue weighted by Gasteiger charge is 2.27. The Morgan fingerprint density at radius 3 is 2.41 bits per heavy atom. The van der Waals surface area contributed by atoms with Gasteiger partial charge in [-0.25, -0.2) is 12.8 Å². The molecule has 0 aromatic heterocycles. The number of alkyl halides is 1. The summed E-state index contributed by atoms with van der Waals surface area (Å²) in [5.41, 5.74) is -2.11. The third-order valence-electron chi connectivity index (χ3n) is 2.57.